The minimum absolute atomic E-state index is 0.0144. The molecule has 0 bridgehead atoms. The van der Waals surface area contributed by atoms with Crippen molar-refractivity contribution in [2.45, 2.75) is 50.6 Å². The summed E-state index contributed by atoms with van der Waals surface area (Å²) >= 11 is 0. The molecule has 1 aliphatic carbocycles. The van der Waals surface area contributed by atoms with E-state index in [1.165, 1.54) is 25.0 Å². The van der Waals surface area contributed by atoms with E-state index in [0.29, 0.717) is 0 Å². The van der Waals surface area contributed by atoms with E-state index in [2.05, 4.69) is 31.2 Å². The second-order valence-electron chi connectivity index (χ2n) is 6.27. The van der Waals surface area contributed by atoms with E-state index in [1.54, 1.807) is 6.07 Å². The Morgan fingerprint density at radius 1 is 1.19 bits per heavy atom. The van der Waals surface area contributed by atoms with Gasteiger partial charge in [-0.1, -0.05) is 25.8 Å². The monoisotopic (exact) mass is 296 g/mol. The molecule has 1 fully saturated rings. The molecule has 0 heterocycles. The summed E-state index contributed by atoms with van der Waals surface area (Å²) in [5.41, 5.74) is 0.831. The van der Waals surface area contributed by atoms with Gasteiger partial charge in [0, 0.05) is 5.54 Å². The number of benzene rings is 1. The number of hydrogen-bond acceptors (Lipinski definition) is 2. The number of likely N-dealkylation sites (N-methyl/N-ethyl adjacent to an activating group) is 1. The lowest BCUT2D eigenvalue weighted by molar-refractivity contribution is 0.104. The van der Waals surface area contributed by atoms with Crippen LogP contribution in [0.1, 0.15) is 50.6 Å². The number of halogens is 2. The topological polar surface area (TPSA) is 15.3 Å². The first-order chi connectivity index (χ1) is 10.0. The van der Waals surface area contributed by atoms with Gasteiger partial charge in [0.25, 0.3) is 0 Å². The van der Waals surface area contributed by atoms with Crippen LogP contribution in [0.25, 0.3) is 0 Å². The van der Waals surface area contributed by atoms with Gasteiger partial charge in [0.1, 0.15) is 0 Å². The standard InChI is InChI=1S/C17H26F2N2/c1-4-11-20-16(13-7-8-14(18)15(19)12-13)17(21(2)3)9-5-6-10-17/h7-8,12,16,20H,4-6,9-11H2,1-3H3. The van der Waals surface area contributed by atoms with Crippen molar-refractivity contribution in [1.29, 1.82) is 0 Å². The molecule has 118 valence electrons. The lowest BCUT2D eigenvalue weighted by Crippen LogP contribution is -2.52. The zero-order valence-electron chi connectivity index (χ0n) is 13.3. The summed E-state index contributed by atoms with van der Waals surface area (Å²) in [4.78, 5) is 2.26. The average Bonchev–Trinajstić information content (AvgIpc) is 2.94. The number of hydrogen-bond donors (Lipinski definition) is 1. The smallest absolute Gasteiger partial charge is 0.159 e. The van der Waals surface area contributed by atoms with Gasteiger partial charge < -0.3 is 10.2 Å². The molecule has 1 N–H and O–H groups in total. The van der Waals surface area contributed by atoms with Crippen LogP contribution in [0.2, 0.25) is 0 Å². The Balaban J connectivity index is 2.38. The van der Waals surface area contributed by atoms with Gasteiger partial charge in [-0.15, -0.1) is 0 Å². The van der Waals surface area contributed by atoms with Crippen LogP contribution in [0.5, 0.6) is 0 Å². The van der Waals surface area contributed by atoms with Gasteiger partial charge in [0.2, 0.25) is 0 Å². The molecule has 2 rings (SSSR count). The highest BCUT2D eigenvalue weighted by atomic mass is 19.2. The fraction of sp³-hybridized carbons (Fsp3) is 0.647. The van der Waals surface area contributed by atoms with E-state index in [0.717, 1.165) is 31.4 Å². The molecule has 1 atom stereocenters. The molecular formula is C17H26F2N2. The van der Waals surface area contributed by atoms with Crippen LogP contribution >= 0.6 is 0 Å². The minimum Gasteiger partial charge on any atom is -0.308 e. The third-order valence-electron chi connectivity index (χ3n) is 4.77. The van der Waals surface area contributed by atoms with Crippen LogP contribution in [0.15, 0.2) is 18.2 Å². The average molecular weight is 296 g/mol. The van der Waals surface area contributed by atoms with Crippen LogP contribution in [0.3, 0.4) is 0 Å². The van der Waals surface area contributed by atoms with Crippen LogP contribution in [0, 0.1) is 11.6 Å². The minimum atomic E-state index is -0.779. The highest BCUT2D eigenvalue weighted by Crippen LogP contribution is 2.43. The normalized spacial score (nSPS) is 19.1. The Hall–Kier alpha value is -1.00. The van der Waals surface area contributed by atoms with Crippen LogP contribution < -0.4 is 5.32 Å². The first-order valence-corrected chi connectivity index (χ1v) is 7.87. The first kappa shape index (κ1) is 16.4. The van der Waals surface area contributed by atoms with Gasteiger partial charge in [0.15, 0.2) is 11.6 Å². The first-order valence-electron chi connectivity index (χ1n) is 7.87. The van der Waals surface area contributed by atoms with Crippen molar-refractivity contribution in [3.8, 4) is 0 Å². The van der Waals surface area contributed by atoms with E-state index in [1.807, 2.05) is 0 Å². The van der Waals surface area contributed by atoms with Gasteiger partial charge in [-0.25, -0.2) is 8.78 Å². The van der Waals surface area contributed by atoms with Crippen molar-refractivity contribution >= 4 is 0 Å². The summed E-state index contributed by atoms with van der Waals surface area (Å²) in [6.45, 7) is 2.99. The second-order valence-corrected chi connectivity index (χ2v) is 6.27. The zero-order chi connectivity index (χ0) is 15.5. The molecular weight excluding hydrogens is 270 g/mol. The molecule has 0 radical (unpaired) electrons. The molecule has 0 aromatic heterocycles. The summed E-state index contributed by atoms with van der Waals surface area (Å²) < 4.78 is 26.9. The third-order valence-corrected chi connectivity index (χ3v) is 4.77. The molecule has 1 aromatic rings. The molecule has 1 aliphatic rings. The van der Waals surface area contributed by atoms with Crippen molar-refractivity contribution in [2.75, 3.05) is 20.6 Å². The Morgan fingerprint density at radius 2 is 1.86 bits per heavy atom. The number of nitrogens with zero attached hydrogens (tertiary/aromatic N) is 1. The largest absolute Gasteiger partial charge is 0.308 e. The van der Waals surface area contributed by atoms with Gasteiger partial charge in [-0.05, 0) is 57.6 Å². The highest BCUT2D eigenvalue weighted by molar-refractivity contribution is 5.26. The number of nitrogens with one attached hydrogen (secondary N) is 1. The van der Waals surface area contributed by atoms with Gasteiger partial charge in [0.05, 0.1) is 6.04 Å². The maximum Gasteiger partial charge on any atom is 0.159 e. The molecule has 2 nitrogen and oxygen atoms in total. The summed E-state index contributed by atoms with van der Waals surface area (Å²) in [7, 11) is 4.18. The maximum atomic E-state index is 13.7. The Bertz CT molecular complexity index is 468. The summed E-state index contributed by atoms with van der Waals surface area (Å²) in [5, 5.41) is 3.57. The van der Waals surface area contributed by atoms with Gasteiger partial charge in [-0.3, -0.25) is 0 Å². The summed E-state index contributed by atoms with van der Waals surface area (Å²) in [6.07, 6.45) is 5.56. The predicted octanol–water partition coefficient (Wildman–Crippen LogP) is 3.88. The fourth-order valence-corrected chi connectivity index (χ4v) is 3.58. The highest BCUT2D eigenvalue weighted by Gasteiger charge is 2.43. The zero-order valence-corrected chi connectivity index (χ0v) is 13.3. The molecule has 1 unspecified atom stereocenters. The van der Waals surface area contributed by atoms with Crippen LogP contribution in [-0.4, -0.2) is 31.1 Å². The van der Waals surface area contributed by atoms with E-state index in [9.17, 15) is 8.78 Å². The molecule has 0 saturated heterocycles. The van der Waals surface area contributed by atoms with Crippen molar-refractivity contribution in [1.82, 2.24) is 10.2 Å². The molecule has 0 amide bonds. The lowest BCUT2D eigenvalue weighted by Gasteiger charge is -2.44. The molecule has 1 saturated carbocycles. The van der Waals surface area contributed by atoms with Crippen LogP contribution in [0.4, 0.5) is 8.78 Å². The van der Waals surface area contributed by atoms with Crippen LogP contribution in [-0.2, 0) is 0 Å². The quantitative estimate of drug-likeness (QED) is 0.857. The third kappa shape index (κ3) is 3.27. The molecule has 0 aliphatic heterocycles. The van der Waals surface area contributed by atoms with Gasteiger partial charge in [-0.2, -0.15) is 0 Å². The van der Waals surface area contributed by atoms with E-state index in [4.69, 9.17) is 0 Å². The fourth-order valence-electron chi connectivity index (χ4n) is 3.58. The summed E-state index contributed by atoms with van der Waals surface area (Å²) in [5.74, 6) is -1.54. The van der Waals surface area contributed by atoms with Gasteiger partial charge >= 0.3 is 0 Å². The van der Waals surface area contributed by atoms with E-state index >= 15 is 0 Å². The Labute approximate surface area is 126 Å². The number of rotatable bonds is 6. The Morgan fingerprint density at radius 3 is 2.38 bits per heavy atom. The summed E-state index contributed by atoms with van der Waals surface area (Å²) in [6, 6.07) is 4.34. The van der Waals surface area contributed by atoms with Crippen molar-refractivity contribution < 1.29 is 8.78 Å². The molecule has 4 heteroatoms. The molecule has 21 heavy (non-hydrogen) atoms. The predicted molar refractivity (Wildman–Crippen MR) is 82.3 cm³/mol. The van der Waals surface area contributed by atoms with E-state index < -0.39 is 11.6 Å². The molecule has 1 aromatic carbocycles. The Kier molecular flexibility index (Phi) is 5.33. The second kappa shape index (κ2) is 6.84. The molecule has 0 spiro atoms. The SMILES string of the molecule is CCCNC(c1ccc(F)c(F)c1)C1(N(C)C)CCCC1. The van der Waals surface area contributed by atoms with Crippen molar-refractivity contribution in [2.24, 2.45) is 0 Å². The lowest BCUT2D eigenvalue weighted by atomic mass is 9.82. The van der Waals surface area contributed by atoms with Crippen molar-refractivity contribution in [3.05, 3.63) is 35.4 Å². The van der Waals surface area contributed by atoms with E-state index in [-0.39, 0.29) is 11.6 Å². The van der Waals surface area contributed by atoms with Crippen molar-refractivity contribution in [3.63, 3.8) is 0 Å². The maximum absolute atomic E-state index is 13.7.